The molecule has 0 bridgehead atoms. The van der Waals surface area contributed by atoms with Crippen LogP contribution in [0.2, 0.25) is 0 Å². The minimum atomic E-state index is -0.171. The summed E-state index contributed by atoms with van der Waals surface area (Å²) in [5.41, 5.74) is 1.00. The van der Waals surface area contributed by atoms with Crippen molar-refractivity contribution in [2.24, 2.45) is 0 Å². The molecule has 3 nitrogen and oxygen atoms in total. The second kappa shape index (κ2) is 5.66. The molecular weight excluding hydrogens is 202 g/mol. The van der Waals surface area contributed by atoms with E-state index in [1.165, 1.54) is 0 Å². The molecule has 1 unspecified atom stereocenters. The number of hydrogen-bond donors (Lipinski definition) is 0. The molecule has 16 heavy (non-hydrogen) atoms. The Bertz CT molecular complexity index is 343. The van der Waals surface area contributed by atoms with E-state index >= 15 is 0 Å². The standard InChI is InChI=1S/C13H19NO2/c1-5-16-12-8-6-11(7-9-12)13(10(2)15)14(3)4/h6-9,13H,5H2,1-4H3. The van der Waals surface area contributed by atoms with Gasteiger partial charge in [-0.05, 0) is 45.6 Å². The third-order valence-electron chi connectivity index (χ3n) is 2.41. The highest BCUT2D eigenvalue weighted by Gasteiger charge is 2.18. The van der Waals surface area contributed by atoms with Gasteiger partial charge in [0.15, 0.2) is 5.78 Å². The van der Waals surface area contributed by atoms with Crippen molar-refractivity contribution in [2.75, 3.05) is 20.7 Å². The fraction of sp³-hybridized carbons (Fsp3) is 0.462. The highest BCUT2D eigenvalue weighted by molar-refractivity contribution is 5.82. The summed E-state index contributed by atoms with van der Waals surface area (Å²) in [5.74, 6) is 0.987. The molecule has 0 spiro atoms. The third kappa shape index (κ3) is 3.07. The molecule has 0 radical (unpaired) electrons. The van der Waals surface area contributed by atoms with Gasteiger partial charge < -0.3 is 4.74 Å². The van der Waals surface area contributed by atoms with Gasteiger partial charge in [0.2, 0.25) is 0 Å². The number of hydrogen-bond acceptors (Lipinski definition) is 3. The van der Waals surface area contributed by atoms with Gasteiger partial charge in [0.25, 0.3) is 0 Å². The molecule has 0 aliphatic heterocycles. The van der Waals surface area contributed by atoms with E-state index in [1.807, 2.05) is 50.2 Å². The summed E-state index contributed by atoms with van der Waals surface area (Å²) in [5, 5.41) is 0. The lowest BCUT2D eigenvalue weighted by Gasteiger charge is -2.22. The smallest absolute Gasteiger partial charge is 0.151 e. The summed E-state index contributed by atoms with van der Waals surface area (Å²) in [7, 11) is 3.81. The van der Waals surface area contributed by atoms with Crippen LogP contribution in [0.1, 0.15) is 25.5 Å². The average Bonchev–Trinajstić information content (AvgIpc) is 2.20. The van der Waals surface area contributed by atoms with Crippen molar-refractivity contribution >= 4 is 5.78 Å². The number of nitrogens with zero attached hydrogens (tertiary/aromatic N) is 1. The molecule has 3 heteroatoms. The van der Waals surface area contributed by atoms with Crippen LogP contribution in [0.3, 0.4) is 0 Å². The Labute approximate surface area is 97.0 Å². The largest absolute Gasteiger partial charge is 0.494 e. The Morgan fingerprint density at radius 2 is 1.88 bits per heavy atom. The first-order chi connectivity index (χ1) is 7.56. The third-order valence-corrected chi connectivity index (χ3v) is 2.41. The van der Waals surface area contributed by atoms with Crippen LogP contribution in [0.5, 0.6) is 5.75 Å². The molecule has 0 heterocycles. The summed E-state index contributed by atoms with van der Waals surface area (Å²) < 4.78 is 5.36. The Kier molecular flexibility index (Phi) is 4.50. The van der Waals surface area contributed by atoms with Crippen LogP contribution in [0, 0.1) is 0 Å². The van der Waals surface area contributed by atoms with Crippen molar-refractivity contribution in [1.29, 1.82) is 0 Å². The first kappa shape index (κ1) is 12.7. The van der Waals surface area contributed by atoms with Crippen LogP contribution in [-0.2, 0) is 4.79 Å². The molecule has 0 aliphatic carbocycles. The second-order valence-electron chi connectivity index (χ2n) is 3.98. The first-order valence-corrected chi connectivity index (χ1v) is 5.46. The van der Waals surface area contributed by atoms with E-state index in [4.69, 9.17) is 4.74 Å². The van der Waals surface area contributed by atoms with Crippen LogP contribution in [-0.4, -0.2) is 31.4 Å². The highest BCUT2D eigenvalue weighted by atomic mass is 16.5. The van der Waals surface area contributed by atoms with Gasteiger partial charge in [-0.1, -0.05) is 12.1 Å². The van der Waals surface area contributed by atoms with E-state index < -0.39 is 0 Å². The number of carbonyl (C=O) groups is 1. The van der Waals surface area contributed by atoms with E-state index in [0.29, 0.717) is 6.61 Å². The Morgan fingerprint density at radius 3 is 2.25 bits per heavy atom. The van der Waals surface area contributed by atoms with Gasteiger partial charge in [-0.2, -0.15) is 0 Å². The fourth-order valence-electron chi connectivity index (χ4n) is 1.81. The van der Waals surface area contributed by atoms with Gasteiger partial charge in [0, 0.05) is 0 Å². The van der Waals surface area contributed by atoms with Crippen LogP contribution >= 0.6 is 0 Å². The van der Waals surface area contributed by atoms with E-state index in [1.54, 1.807) is 6.92 Å². The van der Waals surface area contributed by atoms with E-state index in [0.717, 1.165) is 11.3 Å². The number of rotatable bonds is 5. The van der Waals surface area contributed by atoms with Crippen LogP contribution in [0.15, 0.2) is 24.3 Å². The number of ether oxygens (including phenoxy) is 1. The molecule has 0 fully saturated rings. The molecule has 0 N–H and O–H groups in total. The number of carbonyl (C=O) groups excluding carboxylic acids is 1. The fourth-order valence-corrected chi connectivity index (χ4v) is 1.81. The SMILES string of the molecule is CCOc1ccc(C(C(C)=O)N(C)C)cc1. The zero-order chi connectivity index (χ0) is 12.1. The van der Waals surface area contributed by atoms with Gasteiger partial charge >= 0.3 is 0 Å². The van der Waals surface area contributed by atoms with Gasteiger partial charge in [-0.3, -0.25) is 9.69 Å². The normalized spacial score (nSPS) is 12.6. The van der Waals surface area contributed by atoms with E-state index in [-0.39, 0.29) is 11.8 Å². The predicted octanol–water partition coefficient (Wildman–Crippen LogP) is 2.28. The van der Waals surface area contributed by atoms with Crippen molar-refractivity contribution in [3.05, 3.63) is 29.8 Å². The number of likely N-dealkylation sites (N-methyl/N-ethyl adjacent to an activating group) is 1. The Balaban J connectivity index is 2.90. The highest BCUT2D eigenvalue weighted by Crippen LogP contribution is 2.22. The summed E-state index contributed by atoms with van der Waals surface area (Å²) in [6.07, 6.45) is 0. The predicted molar refractivity (Wildman–Crippen MR) is 64.7 cm³/mol. The van der Waals surface area contributed by atoms with Crippen LogP contribution in [0.25, 0.3) is 0 Å². The summed E-state index contributed by atoms with van der Waals surface area (Å²) in [6.45, 7) is 4.22. The average molecular weight is 221 g/mol. The molecule has 0 saturated heterocycles. The molecule has 0 saturated carbocycles. The Hall–Kier alpha value is -1.35. The van der Waals surface area contributed by atoms with Crippen molar-refractivity contribution in [2.45, 2.75) is 19.9 Å². The molecule has 88 valence electrons. The molecular formula is C13H19NO2. The molecule has 1 aromatic rings. The number of ketones is 1. The molecule has 1 aromatic carbocycles. The van der Waals surface area contributed by atoms with Crippen molar-refractivity contribution in [3.8, 4) is 5.75 Å². The van der Waals surface area contributed by atoms with Gasteiger partial charge in [-0.15, -0.1) is 0 Å². The lowest BCUT2D eigenvalue weighted by molar-refractivity contribution is -0.121. The maximum Gasteiger partial charge on any atom is 0.151 e. The van der Waals surface area contributed by atoms with Crippen LogP contribution in [0.4, 0.5) is 0 Å². The van der Waals surface area contributed by atoms with E-state index in [9.17, 15) is 4.79 Å². The lowest BCUT2D eigenvalue weighted by Crippen LogP contribution is -2.25. The molecule has 0 amide bonds. The maximum atomic E-state index is 11.5. The van der Waals surface area contributed by atoms with Crippen molar-refractivity contribution in [3.63, 3.8) is 0 Å². The maximum absolute atomic E-state index is 11.5. The monoisotopic (exact) mass is 221 g/mol. The summed E-state index contributed by atoms with van der Waals surface area (Å²) in [4.78, 5) is 13.4. The minimum absolute atomic E-state index is 0.147. The van der Waals surface area contributed by atoms with Crippen molar-refractivity contribution in [1.82, 2.24) is 4.90 Å². The van der Waals surface area contributed by atoms with Gasteiger partial charge in [0.05, 0.1) is 12.6 Å². The second-order valence-corrected chi connectivity index (χ2v) is 3.98. The number of Topliss-reactive ketones (excluding diaryl/α,β-unsaturated/α-hetero) is 1. The Morgan fingerprint density at radius 1 is 1.31 bits per heavy atom. The van der Waals surface area contributed by atoms with Crippen LogP contribution < -0.4 is 4.74 Å². The zero-order valence-electron chi connectivity index (χ0n) is 10.4. The molecule has 1 rings (SSSR count). The zero-order valence-corrected chi connectivity index (χ0v) is 10.4. The van der Waals surface area contributed by atoms with Gasteiger partial charge in [-0.25, -0.2) is 0 Å². The number of benzene rings is 1. The molecule has 1 atom stereocenters. The first-order valence-electron chi connectivity index (χ1n) is 5.46. The molecule has 0 aliphatic rings. The topological polar surface area (TPSA) is 29.5 Å². The van der Waals surface area contributed by atoms with Gasteiger partial charge in [0.1, 0.15) is 5.75 Å². The summed E-state index contributed by atoms with van der Waals surface area (Å²) in [6, 6.07) is 7.51. The van der Waals surface area contributed by atoms with E-state index in [2.05, 4.69) is 0 Å². The lowest BCUT2D eigenvalue weighted by atomic mass is 10.0. The molecule has 0 aromatic heterocycles. The minimum Gasteiger partial charge on any atom is -0.494 e. The van der Waals surface area contributed by atoms with Crippen molar-refractivity contribution < 1.29 is 9.53 Å². The quantitative estimate of drug-likeness (QED) is 0.764. The summed E-state index contributed by atoms with van der Waals surface area (Å²) >= 11 is 0.